The van der Waals surface area contributed by atoms with Crippen molar-refractivity contribution >= 4 is 5.91 Å². The average molecular weight is 261 g/mol. The van der Waals surface area contributed by atoms with E-state index in [4.69, 9.17) is 11.5 Å². The second kappa shape index (κ2) is 5.31. The van der Waals surface area contributed by atoms with Crippen LogP contribution in [0.2, 0.25) is 0 Å². The van der Waals surface area contributed by atoms with Crippen LogP contribution in [0.25, 0.3) is 0 Å². The normalized spacial score (nSPS) is 27.1. The molecule has 0 spiro atoms. The van der Waals surface area contributed by atoms with E-state index in [1.54, 1.807) is 0 Å². The van der Waals surface area contributed by atoms with E-state index >= 15 is 0 Å². The molecule has 1 heterocycles. The van der Waals surface area contributed by atoms with E-state index < -0.39 is 11.4 Å². The van der Waals surface area contributed by atoms with Gasteiger partial charge in [0.1, 0.15) is 5.54 Å². The van der Waals surface area contributed by atoms with E-state index in [-0.39, 0.29) is 0 Å². The molecule has 104 valence electrons. The lowest BCUT2D eigenvalue weighted by atomic mass is 9.89. The van der Waals surface area contributed by atoms with Crippen molar-refractivity contribution in [3.63, 3.8) is 0 Å². The molecule has 2 rings (SSSR count). The zero-order chi connectivity index (χ0) is 14.0. The number of nitrogens with two attached hydrogens (primary N) is 2. The molecule has 4 N–H and O–H groups in total. The van der Waals surface area contributed by atoms with E-state index in [1.807, 2.05) is 30.3 Å². The minimum absolute atomic E-state index is 0.467. The second-order valence-corrected chi connectivity index (χ2v) is 5.85. The maximum atomic E-state index is 11.8. The molecular formula is C15H23N3O. The van der Waals surface area contributed by atoms with Gasteiger partial charge in [-0.05, 0) is 17.4 Å². The molecule has 1 amide bonds. The topological polar surface area (TPSA) is 72.3 Å². The summed E-state index contributed by atoms with van der Waals surface area (Å²) in [6.45, 7) is 6.90. The van der Waals surface area contributed by atoms with Crippen LogP contribution < -0.4 is 11.5 Å². The molecule has 1 fully saturated rings. The minimum atomic E-state index is -1.11. The van der Waals surface area contributed by atoms with Crippen molar-refractivity contribution < 1.29 is 4.79 Å². The maximum Gasteiger partial charge on any atom is 0.243 e. The summed E-state index contributed by atoms with van der Waals surface area (Å²) in [4.78, 5) is 14.1. The fourth-order valence-corrected chi connectivity index (χ4v) is 2.78. The minimum Gasteiger partial charge on any atom is -0.368 e. The molecule has 0 bridgehead atoms. The maximum absolute atomic E-state index is 11.8. The van der Waals surface area contributed by atoms with Gasteiger partial charge in [-0.2, -0.15) is 0 Å². The molecule has 1 aromatic rings. The van der Waals surface area contributed by atoms with Gasteiger partial charge in [0.05, 0.1) is 0 Å². The molecule has 1 saturated heterocycles. The van der Waals surface area contributed by atoms with Crippen LogP contribution in [0.1, 0.15) is 19.4 Å². The molecule has 4 nitrogen and oxygen atoms in total. The summed E-state index contributed by atoms with van der Waals surface area (Å²) in [6, 6.07) is 9.41. The largest absolute Gasteiger partial charge is 0.368 e. The predicted octanol–water partition coefficient (Wildman–Crippen LogP) is 0.914. The van der Waals surface area contributed by atoms with Crippen LogP contribution in [0, 0.1) is 11.8 Å². The van der Waals surface area contributed by atoms with Gasteiger partial charge in [-0.3, -0.25) is 4.79 Å². The molecule has 1 aliphatic heterocycles. The van der Waals surface area contributed by atoms with Gasteiger partial charge in [0.25, 0.3) is 0 Å². The zero-order valence-electron chi connectivity index (χ0n) is 11.7. The van der Waals surface area contributed by atoms with Crippen molar-refractivity contribution in [2.75, 3.05) is 19.6 Å². The average Bonchev–Trinajstić information content (AvgIpc) is 2.69. The lowest BCUT2D eigenvalue weighted by Gasteiger charge is -2.31. The van der Waals surface area contributed by atoms with Gasteiger partial charge < -0.3 is 16.4 Å². The quantitative estimate of drug-likeness (QED) is 0.846. The molecule has 1 aliphatic rings. The zero-order valence-corrected chi connectivity index (χ0v) is 11.7. The van der Waals surface area contributed by atoms with Crippen LogP contribution in [0.15, 0.2) is 30.3 Å². The number of primary amides is 1. The Balaban J connectivity index is 2.20. The third kappa shape index (κ3) is 2.80. The number of nitrogens with zero attached hydrogens (tertiary/aromatic N) is 1. The molecule has 3 atom stereocenters. The third-order valence-electron chi connectivity index (χ3n) is 4.27. The second-order valence-electron chi connectivity index (χ2n) is 5.85. The number of hydrogen-bond acceptors (Lipinski definition) is 3. The Kier molecular flexibility index (Phi) is 3.92. The monoisotopic (exact) mass is 261 g/mol. The Morgan fingerprint density at radius 2 is 1.79 bits per heavy atom. The first-order chi connectivity index (χ1) is 8.93. The van der Waals surface area contributed by atoms with Crippen molar-refractivity contribution in [3.05, 3.63) is 35.9 Å². The summed E-state index contributed by atoms with van der Waals surface area (Å²) < 4.78 is 0. The molecule has 0 aliphatic carbocycles. The number of carbonyl (C=O) groups excluding carboxylic acids is 1. The first-order valence-corrected chi connectivity index (χ1v) is 6.80. The molecular weight excluding hydrogens is 238 g/mol. The standard InChI is InChI=1S/C15H23N3O/c1-11-8-18(9-12(11)2)10-15(17,14(16)19)13-6-4-3-5-7-13/h3-7,11-12H,8-10,17H2,1-2H3,(H2,16,19). The van der Waals surface area contributed by atoms with E-state index in [0.717, 1.165) is 18.7 Å². The first kappa shape index (κ1) is 14.0. The number of amides is 1. The molecule has 19 heavy (non-hydrogen) atoms. The molecule has 0 aromatic heterocycles. The van der Waals surface area contributed by atoms with Crippen molar-refractivity contribution in [1.82, 2.24) is 4.90 Å². The lowest BCUT2D eigenvalue weighted by molar-refractivity contribution is -0.124. The van der Waals surface area contributed by atoms with Crippen LogP contribution in [-0.2, 0) is 10.3 Å². The van der Waals surface area contributed by atoms with Gasteiger partial charge in [-0.15, -0.1) is 0 Å². The Morgan fingerprint density at radius 1 is 1.26 bits per heavy atom. The van der Waals surface area contributed by atoms with Gasteiger partial charge in [0.2, 0.25) is 5.91 Å². The van der Waals surface area contributed by atoms with Crippen LogP contribution in [0.3, 0.4) is 0 Å². The smallest absolute Gasteiger partial charge is 0.243 e. The molecule has 3 unspecified atom stereocenters. The molecule has 4 heteroatoms. The van der Waals surface area contributed by atoms with Crippen LogP contribution in [0.4, 0.5) is 0 Å². The highest BCUT2D eigenvalue weighted by molar-refractivity contribution is 5.86. The third-order valence-corrected chi connectivity index (χ3v) is 4.27. The highest BCUT2D eigenvalue weighted by Gasteiger charge is 2.38. The number of hydrogen-bond donors (Lipinski definition) is 2. The fraction of sp³-hybridized carbons (Fsp3) is 0.533. The van der Waals surface area contributed by atoms with Crippen LogP contribution >= 0.6 is 0 Å². The highest BCUT2D eigenvalue weighted by Crippen LogP contribution is 2.26. The predicted molar refractivity (Wildman–Crippen MR) is 76.3 cm³/mol. The molecule has 0 radical (unpaired) electrons. The van der Waals surface area contributed by atoms with Crippen molar-refractivity contribution in [1.29, 1.82) is 0 Å². The van der Waals surface area contributed by atoms with Crippen molar-refractivity contribution in [2.24, 2.45) is 23.3 Å². The van der Waals surface area contributed by atoms with Crippen LogP contribution in [0.5, 0.6) is 0 Å². The van der Waals surface area contributed by atoms with E-state index in [1.165, 1.54) is 0 Å². The highest BCUT2D eigenvalue weighted by atomic mass is 16.1. The summed E-state index contributed by atoms with van der Waals surface area (Å²) in [5.74, 6) is 0.798. The number of carbonyl (C=O) groups is 1. The summed E-state index contributed by atoms with van der Waals surface area (Å²) in [5.41, 5.74) is 11.6. The van der Waals surface area contributed by atoms with Gasteiger partial charge in [-0.25, -0.2) is 0 Å². The first-order valence-electron chi connectivity index (χ1n) is 6.80. The van der Waals surface area contributed by atoms with E-state index in [9.17, 15) is 4.79 Å². The van der Waals surface area contributed by atoms with Crippen molar-refractivity contribution in [3.8, 4) is 0 Å². The molecule has 1 aromatic carbocycles. The fourth-order valence-electron chi connectivity index (χ4n) is 2.78. The number of likely N-dealkylation sites (tertiary alicyclic amines) is 1. The Hall–Kier alpha value is -1.39. The number of rotatable bonds is 4. The summed E-state index contributed by atoms with van der Waals surface area (Å²) in [5, 5.41) is 0. The van der Waals surface area contributed by atoms with Gasteiger partial charge in [0.15, 0.2) is 0 Å². The summed E-state index contributed by atoms with van der Waals surface area (Å²) in [6.07, 6.45) is 0. The van der Waals surface area contributed by atoms with E-state index in [2.05, 4.69) is 18.7 Å². The molecule has 0 saturated carbocycles. The van der Waals surface area contributed by atoms with Crippen LogP contribution in [-0.4, -0.2) is 30.4 Å². The Labute approximate surface area is 114 Å². The van der Waals surface area contributed by atoms with Crippen molar-refractivity contribution in [2.45, 2.75) is 19.4 Å². The SMILES string of the molecule is CC1CN(CC(N)(C(N)=O)c2ccccc2)CC1C. The Morgan fingerprint density at radius 3 is 2.26 bits per heavy atom. The number of benzene rings is 1. The van der Waals surface area contributed by atoms with Gasteiger partial charge in [-0.1, -0.05) is 44.2 Å². The van der Waals surface area contributed by atoms with E-state index in [0.29, 0.717) is 18.4 Å². The van der Waals surface area contributed by atoms with Gasteiger partial charge in [0, 0.05) is 19.6 Å². The van der Waals surface area contributed by atoms with Gasteiger partial charge >= 0.3 is 0 Å². The Bertz CT molecular complexity index is 438. The summed E-state index contributed by atoms with van der Waals surface area (Å²) in [7, 11) is 0. The summed E-state index contributed by atoms with van der Waals surface area (Å²) >= 11 is 0. The lowest BCUT2D eigenvalue weighted by Crippen LogP contribution is -2.56.